The SMILES string of the molecule is Cc1ccsc1CCN(C)c1ccc(Br)cc1N. The average molecular weight is 325 g/mol. The van der Waals surface area contributed by atoms with Crippen LogP contribution in [0.15, 0.2) is 34.1 Å². The van der Waals surface area contributed by atoms with Gasteiger partial charge < -0.3 is 10.6 Å². The molecule has 0 spiro atoms. The number of rotatable bonds is 4. The number of nitrogens with two attached hydrogens (primary N) is 1. The van der Waals surface area contributed by atoms with Crippen molar-refractivity contribution in [3.05, 3.63) is 44.6 Å². The van der Waals surface area contributed by atoms with Gasteiger partial charge in [0, 0.05) is 22.9 Å². The second-order valence-electron chi connectivity index (χ2n) is 4.40. The summed E-state index contributed by atoms with van der Waals surface area (Å²) in [5.41, 5.74) is 9.32. The molecule has 1 aromatic carbocycles. The maximum Gasteiger partial charge on any atom is 0.0598 e. The van der Waals surface area contributed by atoms with E-state index in [4.69, 9.17) is 5.73 Å². The van der Waals surface area contributed by atoms with Gasteiger partial charge in [0.2, 0.25) is 0 Å². The molecule has 0 aliphatic carbocycles. The van der Waals surface area contributed by atoms with Gasteiger partial charge in [0.1, 0.15) is 0 Å². The van der Waals surface area contributed by atoms with E-state index in [1.807, 2.05) is 23.5 Å². The number of likely N-dealkylation sites (N-methyl/N-ethyl adjacent to an activating group) is 1. The summed E-state index contributed by atoms with van der Waals surface area (Å²) in [6.45, 7) is 3.15. The largest absolute Gasteiger partial charge is 0.397 e. The number of nitrogens with zero attached hydrogens (tertiary/aromatic N) is 1. The molecule has 0 saturated heterocycles. The number of aryl methyl sites for hydroxylation is 1. The fraction of sp³-hybridized carbons (Fsp3) is 0.286. The number of nitrogen functional groups attached to an aromatic ring is 1. The third kappa shape index (κ3) is 3.06. The summed E-state index contributed by atoms with van der Waals surface area (Å²) in [5.74, 6) is 0. The van der Waals surface area contributed by atoms with E-state index in [1.165, 1.54) is 10.4 Å². The van der Waals surface area contributed by atoms with Crippen LogP contribution in [0.4, 0.5) is 11.4 Å². The van der Waals surface area contributed by atoms with Crippen LogP contribution in [0, 0.1) is 6.92 Å². The third-order valence-corrected chi connectivity index (χ3v) is 4.62. The molecule has 18 heavy (non-hydrogen) atoms. The number of thiophene rings is 1. The first-order valence-electron chi connectivity index (χ1n) is 5.87. The molecule has 4 heteroatoms. The van der Waals surface area contributed by atoms with E-state index in [-0.39, 0.29) is 0 Å². The lowest BCUT2D eigenvalue weighted by Gasteiger charge is -2.21. The lowest BCUT2D eigenvalue weighted by Crippen LogP contribution is -2.21. The number of halogens is 1. The lowest BCUT2D eigenvalue weighted by atomic mass is 10.2. The van der Waals surface area contributed by atoms with Gasteiger partial charge in [0.25, 0.3) is 0 Å². The van der Waals surface area contributed by atoms with Crippen LogP contribution < -0.4 is 10.6 Å². The van der Waals surface area contributed by atoms with Crippen LogP contribution in [0.1, 0.15) is 10.4 Å². The summed E-state index contributed by atoms with van der Waals surface area (Å²) in [6, 6.07) is 8.20. The molecule has 0 bridgehead atoms. The van der Waals surface area contributed by atoms with E-state index in [0.29, 0.717) is 0 Å². The molecule has 0 aliphatic heterocycles. The number of hydrogen-bond acceptors (Lipinski definition) is 3. The van der Waals surface area contributed by atoms with Crippen molar-refractivity contribution in [2.24, 2.45) is 0 Å². The molecule has 2 nitrogen and oxygen atoms in total. The molecule has 96 valence electrons. The average Bonchev–Trinajstić information content (AvgIpc) is 2.72. The van der Waals surface area contributed by atoms with Crippen molar-refractivity contribution in [2.75, 3.05) is 24.2 Å². The van der Waals surface area contributed by atoms with E-state index in [9.17, 15) is 0 Å². The summed E-state index contributed by atoms with van der Waals surface area (Å²) in [7, 11) is 2.09. The highest BCUT2D eigenvalue weighted by Crippen LogP contribution is 2.26. The number of anilines is 2. The van der Waals surface area contributed by atoms with Crippen LogP contribution in [0.3, 0.4) is 0 Å². The quantitative estimate of drug-likeness (QED) is 0.858. The molecule has 1 heterocycles. The Hall–Kier alpha value is -1.00. The van der Waals surface area contributed by atoms with Crippen molar-refractivity contribution < 1.29 is 0 Å². The maximum absolute atomic E-state index is 6.03. The van der Waals surface area contributed by atoms with E-state index < -0.39 is 0 Å². The van der Waals surface area contributed by atoms with Gasteiger partial charge in [-0.1, -0.05) is 15.9 Å². The summed E-state index contributed by atoms with van der Waals surface area (Å²) in [5, 5.41) is 2.15. The highest BCUT2D eigenvalue weighted by molar-refractivity contribution is 9.10. The molecule has 1 aromatic heterocycles. The summed E-state index contributed by atoms with van der Waals surface area (Å²) < 4.78 is 1.02. The predicted octanol–water partition coefficient (Wildman–Crippen LogP) is 4.08. The second kappa shape index (κ2) is 5.76. The van der Waals surface area contributed by atoms with E-state index >= 15 is 0 Å². The van der Waals surface area contributed by atoms with Crippen LogP contribution in [-0.4, -0.2) is 13.6 Å². The Morgan fingerprint density at radius 1 is 1.33 bits per heavy atom. The molecule has 0 amide bonds. The molecule has 0 aliphatic rings. The van der Waals surface area contributed by atoms with Gasteiger partial charge in [-0.2, -0.15) is 0 Å². The van der Waals surface area contributed by atoms with Gasteiger partial charge in [-0.05, 0) is 48.6 Å². The van der Waals surface area contributed by atoms with Crippen LogP contribution in [-0.2, 0) is 6.42 Å². The Morgan fingerprint density at radius 3 is 2.72 bits per heavy atom. The molecule has 0 unspecified atom stereocenters. The zero-order valence-corrected chi connectivity index (χ0v) is 13.0. The molecule has 2 aromatic rings. The van der Waals surface area contributed by atoms with E-state index in [2.05, 4.69) is 52.3 Å². The van der Waals surface area contributed by atoms with Crippen molar-refractivity contribution in [1.82, 2.24) is 0 Å². The fourth-order valence-electron chi connectivity index (χ4n) is 1.92. The van der Waals surface area contributed by atoms with Crippen molar-refractivity contribution in [1.29, 1.82) is 0 Å². The van der Waals surface area contributed by atoms with Crippen LogP contribution in [0.5, 0.6) is 0 Å². The minimum Gasteiger partial charge on any atom is -0.397 e. The number of benzene rings is 1. The lowest BCUT2D eigenvalue weighted by molar-refractivity contribution is 0.884. The molecule has 0 saturated carbocycles. The van der Waals surface area contributed by atoms with Crippen LogP contribution >= 0.6 is 27.3 Å². The van der Waals surface area contributed by atoms with Gasteiger partial charge in [0.15, 0.2) is 0 Å². The van der Waals surface area contributed by atoms with Crippen LogP contribution in [0.2, 0.25) is 0 Å². The Balaban J connectivity index is 2.03. The molecule has 0 fully saturated rings. The highest BCUT2D eigenvalue weighted by Gasteiger charge is 2.07. The van der Waals surface area contributed by atoms with Gasteiger partial charge in [-0.3, -0.25) is 0 Å². The summed E-state index contributed by atoms with van der Waals surface area (Å²) in [6.07, 6.45) is 1.06. The van der Waals surface area contributed by atoms with Crippen molar-refractivity contribution >= 4 is 38.6 Å². The number of hydrogen-bond donors (Lipinski definition) is 1. The van der Waals surface area contributed by atoms with E-state index in [0.717, 1.165) is 28.8 Å². The molecular weight excluding hydrogens is 308 g/mol. The smallest absolute Gasteiger partial charge is 0.0598 e. The monoisotopic (exact) mass is 324 g/mol. The van der Waals surface area contributed by atoms with Gasteiger partial charge in [0.05, 0.1) is 11.4 Å². The standard InChI is InChI=1S/C14H17BrN2S/c1-10-6-8-18-14(10)5-7-17(2)13-4-3-11(15)9-12(13)16/h3-4,6,8-9H,5,7,16H2,1-2H3. The first-order chi connectivity index (χ1) is 8.58. The minimum atomic E-state index is 0.815. The van der Waals surface area contributed by atoms with Gasteiger partial charge in [-0.15, -0.1) is 11.3 Å². The Labute approximate surface area is 121 Å². The minimum absolute atomic E-state index is 0.815. The molecular formula is C14H17BrN2S. The summed E-state index contributed by atoms with van der Waals surface area (Å²) in [4.78, 5) is 3.67. The van der Waals surface area contributed by atoms with Gasteiger partial charge in [-0.25, -0.2) is 0 Å². The zero-order chi connectivity index (χ0) is 13.1. The van der Waals surface area contributed by atoms with E-state index in [1.54, 1.807) is 0 Å². The van der Waals surface area contributed by atoms with Crippen molar-refractivity contribution in [3.63, 3.8) is 0 Å². The van der Waals surface area contributed by atoms with Crippen molar-refractivity contribution in [2.45, 2.75) is 13.3 Å². The fourth-order valence-corrected chi connectivity index (χ4v) is 3.20. The Kier molecular flexibility index (Phi) is 4.30. The molecule has 2 rings (SSSR count). The Morgan fingerprint density at radius 2 is 2.11 bits per heavy atom. The van der Waals surface area contributed by atoms with Gasteiger partial charge >= 0.3 is 0 Å². The van der Waals surface area contributed by atoms with Crippen molar-refractivity contribution in [3.8, 4) is 0 Å². The topological polar surface area (TPSA) is 29.3 Å². The first kappa shape index (κ1) is 13.4. The Bertz CT molecular complexity index is 536. The predicted molar refractivity (Wildman–Crippen MR) is 84.6 cm³/mol. The van der Waals surface area contributed by atoms with Crippen LogP contribution in [0.25, 0.3) is 0 Å². The highest BCUT2D eigenvalue weighted by atomic mass is 79.9. The normalized spacial score (nSPS) is 10.6. The molecule has 2 N–H and O–H groups in total. The summed E-state index contributed by atoms with van der Waals surface area (Å²) >= 11 is 5.26. The second-order valence-corrected chi connectivity index (χ2v) is 6.32. The molecule has 0 atom stereocenters. The first-order valence-corrected chi connectivity index (χ1v) is 7.54. The zero-order valence-electron chi connectivity index (χ0n) is 10.6. The maximum atomic E-state index is 6.03. The third-order valence-electron chi connectivity index (χ3n) is 3.04. The molecule has 0 radical (unpaired) electrons.